The molecule has 1 unspecified atom stereocenters. The number of benzene rings is 2. The van der Waals surface area contributed by atoms with Gasteiger partial charge in [0, 0.05) is 63.7 Å². The third-order valence-electron chi connectivity index (χ3n) is 9.15. The second kappa shape index (κ2) is 23.5. The molecule has 16 heteroatoms. The molecular formula is C42H57ClF2N8O4S. The Labute approximate surface area is 350 Å². The Morgan fingerprint density at radius 3 is 2.28 bits per heavy atom. The number of fused-ring (bicyclic) bond motifs is 1. The summed E-state index contributed by atoms with van der Waals surface area (Å²) in [5.74, 6) is -3.58. The summed E-state index contributed by atoms with van der Waals surface area (Å²) in [6, 6.07) is 9.94. The molecule has 0 saturated carbocycles. The molecule has 0 bridgehead atoms. The molecule has 0 spiro atoms. The van der Waals surface area contributed by atoms with Crippen LogP contribution in [0.4, 0.5) is 14.5 Å². The van der Waals surface area contributed by atoms with E-state index in [9.17, 15) is 28.3 Å². The summed E-state index contributed by atoms with van der Waals surface area (Å²) in [5.41, 5.74) is 6.48. The van der Waals surface area contributed by atoms with Crippen LogP contribution in [0.3, 0.4) is 0 Å². The molecule has 2 N–H and O–H groups in total. The number of carbonyl (C=O) groups is 3. The Morgan fingerprint density at radius 1 is 1.07 bits per heavy atom. The third-order valence-corrected chi connectivity index (χ3v) is 10.3. The Morgan fingerprint density at radius 2 is 1.72 bits per heavy atom. The number of rotatable bonds is 11. The fourth-order valence-electron chi connectivity index (χ4n) is 5.48. The van der Waals surface area contributed by atoms with Crippen LogP contribution in [-0.4, -0.2) is 110 Å². The fourth-order valence-corrected chi connectivity index (χ4v) is 6.37. The molecule has 4 aromatic rings. The zero-order valence-electron chi connectivity index (χ0n) is 35.2. The second-order valence-corrected chi connectivity index (χ2v) is 14.7. The van der Waals surface area contributed by atoms with Gasteiger partial charge in [-0.3, -0.25) is 24.3 Å². The zero-order valence-corrected chi connectivity index (χ0v) is 36.8. The Balaban J connectivity index is 0.000000302. The highest BCUT2D eigenvalue weighted by atomic mass is 35.5. The third kappa shape index (κ3) is 14.5. The highest BCUT2D eigenvalue weighted by Crippen LogP contribution is 2.32. The predicted octanol–water partition coefficient (Wildman–Crippen LogP) is 8.62. The predicted molar refractivity (Wildman–Crippen MR) is 231 cm³/mol. The van der Waals surface area contributed by atoms with E-state index in [1.807, 2.05) is 52.0 Å². The highest BCUT2D eigenvalue weighted by Gasteiger charge is 2.29. The lowest BCUT2D eigenvalue weighted by atomic mass is 10.1. The maximum atomic E-state index is 13.2. The zero-order chi connectivity index (χ0) is 43.7. The number of piperazine rings is 1. The lowest BCUT2D eigenvalue weighted by molar-refractivity contribution is -0.122. The van der Waals surface area contributed by atoms with Gasteiger partial charge < -0.3 is 20.2 Å². The topological polar surface area (TPSA) is 144 Å². The van der Waals surface area contributed by atoms with Gasteiger partial charge in [-0.1, -0.05) is 51.1 Å². The number of halogens is 3. The minimum absolute atomic E-state index is 0.0376. The number of aliphatic imine (C=N–C) groups is 1. The number of nitrogens with one attached hydrogen (secondary N) is 1. The minimum atomic E-state index is -2.97. The Kier molecular flexibility index (Phi) is 20.0. The van der Waals surface area contributed by atoms with E-state index in [0.29, 0.717) is 37.6 Å². The van der Waals surface area contributed by atoms with Crippen molar-refractivity contribution in [2.45, 2.75) is 80.7 Å². The molecule has 5 rings (SSSR count). The number of anilines is 1. The van der Waals surface area contributed by atoms with Gasteiger partial charge in [-0.05, 0) is 70.9 Å². The lowest BCUT2D eigenvalue weighted by Gasteiger charge is -2.37. The molecule has 0 radical (unpaired) electrons. The first kappa shape index (κ1) is 49.3. The average molecular weight is 843 g/mol. The van der Waals surface area contributed by atoms with Crippen LogP contribution in [0.5, 0.6) is 5.75 Å². The van der Waals surface area contributed by atoms with E-state index < -0.39 is 5.92 Å². The second-order valence-electron chi connectivity index (χ2n) is 13.4. The number of aromatic hydroxyl groups is 1. The maximum Gasteiger partial charge on any atom is 0.276 e. The number of allylic oxidation sites excluding steroid dienone is 1. The van der Waals surface area contributed by atoms with Crippen molar-refractivity contribution in [2.75, 3.05) is 51.6 Å². The number of aryl methyl sites for hydroxylation is 1. The molecule has 1 atom stereocenters. The van der Waals surface area contributed by atoms with E-state index in [1.54, 1.807) is 37.1 Å². The standard InChI is InChI=1S/C16H21ClF2N2O.C14H20N4O3.C10H10N2S.C2H6/c1-5-8-21(11(2)3)10-15(22)20-14-7-6-12(9-13(14)17)16(4,18)19;1-9-13(20)12(16-8-15-9)14(21)18-6-4-17(5-7-18)10(2)11(3)19;1-7(11-2)8-3-4-10-9(5-8)12-6-13-10;1-2/h6-7,9H,2,5,8,10H2,1,3-4H3,(H,20,22);8,10,20H,4-7H2,1-3H3;3-6H,1-2H3;1-2H3. The first-order valence-electron chi connectivity index (χ1n) is 19.1. The molecule has 2 aromatic heterocycles. The first-order chi connectivity index (χ1) is 27.4. The summed E-state index contributed by atoms with van der Waals surface area (Å²) < 4.78 is 27.7. The number of ketones is 1. The summed E-state index contributed by atoms with van der Waals surface area (Å²) in [4.78, 5) is 57.5. The fraction of sp³-hybridized carbons (Fsp3) is 0.452. The van der Waals surface area contributed by atoms with Crippen molar-refractivity contribution in [3.63, 3.8) is 0 Å². The van der Waals surface area contributed by atoms with Crippen LogP contribution in [-0.2, 0) is 15.5 Å². The number of hydrogen-bond acceptors (Lipinski definition) is 11. The van der Waals surface area contributed by atoms with Gasteiger partial charge in [0.05, 0.1) is 44.7 Å². The van der Waals surface area contributed by atoms with Crippen molar-refractivity contribution in [3.05, 3.63) is 88.0 Å². The van der Waals surface area contributed by atoms with Crippen LogP contribution in [0.25, 0.3) is 10.2 Å². The smallest absolute Gasteiger partial charge is 0.276 e. The SMILES string of the molecule is C=C(C)N(CCC)CC(=O)Nc1ccc(C(C)(F)F)cc1Cl.CC.CC(=O)C(C)N1CCN(C(=O)c2ncnc(C)c2O)CC1.CN=C(C)c1ccc2scnc2c1. The van der Waals surface area contributed by atoms with Gasteiger partial charge in [0.15, 0.2) is 11.4 Å². The van der Waals surface area contributed by atoms with E-state index in [0.717, 1.165) is 42.4 Å². The molecular weight excluding hydrogens is 786 g/mol. The quantitative estimate of drug-likeness (QED) is 0.142. The highest BCUT2D eigenvalue weighted by molar-refractivity contribution is 7.16. The normalized spacial score (nSPS) is 13.5. The molecule has 316 valence electrons. The maximum absolute atomic E-state index is 13.2. The van der Waals surface area contributed by atoms with E-state index in [-0.39, 0.29) is 52.2 Å². The van der Waals surface area contributed by atoms with Crippen LogP contribution >= 0.6 is 22.9 Å². The van der Waals surface area contributed by atoms with Gasteiger partial charge in [-0.25, -0.2) is 23.7 Å². The number of Topliss-reactive ketones (excluding diaryl/α,β-unsaturated/α-hetero) is 1. The van der Waals surface area contributed by atoms with Gasteiger partial charge in [-0.15, -0.1) is 11.3 Å². The number of carbonyl (C=O) groups excluding carboxylic acids is 3. The monoisotopic (exact) mass is 842 g/mol. The summed E-state index contributed by atoms with van der Waals surface area (Å²) in [6.45, 7) is 22.7. The van der Waals surface area contributed by atoms with Crippen molar-refractivity contribution in [1.82, 2.24) is 29.7 Å². The number of hydrogen-bond donors (Lipinski definition) is 2. The van der Waals surface area contributed by atoms with Crippen molar-refractivity contribution in [1.29, 1.82) is 0 Å². The van der Waals surface area contributed by atoms with Gasteiger partial charge in [-0.2, -0.15) is 0 Å². The number of aromatic nitrogens is 3. The Bertz CT molecular complexity index is 2030. The van der Waals surface area contributed by atoms with E-state index >= 15 is 0 Å². The summed E-state index contributed by atoms with van der Waals surface area (Å²) >= 11 is 7.62. The summed E-state index contributed by atoms with van der Waals surface area (Å²) in [5, 5.41) is 12.6. The molecule has 58 heavy (non-hydrogen) atoms. The first-order valence-corrected chi connectivity index (χ1v) is 20.3. The van der Waals surface area contributed by atoms with E-state index in [1.165, 1.54) is 29.2 Å². The van der Waals surface area contributed by atoms with Crippen molar-refractivity contribution >= 4 is 62.2 Å². The molecule has 1 aliphatic heterocycles. The molecule has 12 nitrogen and oxygen atoms in total. The number of nitrogens with zero attached hydrogens (tertiary/aromatic N) is 7. The molecule has 2 aromatic carbocycles. The van der Waals surface area contributed by atoms with Crippen LogP contribution in [0.2, 0.25) is 5.02 Å². The number of thiazole rings is 1. The van der Waals surface area contributed by atoms with Crippen molar-refractivity contribution < 1.29 is 28.3 Å². The molecule has 2 amide bonds. The molecule has 1 aliphatic rings. The van der Waals surface area contributed by atoms with Crippen molar-refractivity contribution in [3.8, 4) is 5.75 Å². The van der Waals surface area contributed by atoms with Crippen LogP contribution < -0.4 is 5.32 Å². The summed E-state index contributed by atoms with van der Waals surface area (Å²) in [6.07, 6.45) is 2.16. The van der Waals surface area contributed by atoms with Crippen LogP contribution in [0.15, 0.2) is 65.5 Å². The van der Waals surface area contributed by atoms with Crippen molar-refractivity contribution in [2.24, 2.45) is 4.99 Å². The molecule has 1 fully saturated rings. The average Bonchev–Trinajstić information content (AvgIpc) is 3.68. The largest absolute Gasteiger partial charge is 0.504 e. The van der Waals surface area contributed by atoms with E-state index in [2.05, 4.69) is 54.9 Å². The lowest BCUT2D eigenvalue weighted by Crippen LogP contribution is -2.52. The molecule has 0 aliphatic carbocycles. The molecule has 3 heterocycles. The number of alkyl halides is 2. The van der Waals surface area contributed by atoms with E-state index in [4.69, 9.17) is 11.6 Å². The van der Waals surface area contributed by atoms with Gasteiger partial charge in [0.1, 0.15) is 12.1 Å². The molecule has 1 saturated heterocycles. The summed E-state index contributed by atoms with van der Waals surface area (Å²) in [7, 11) is 1.81. The van der Waals surface area contributed by atoms with Gasteiger partial charge >= 0.3 is 0 Å². The van der Waals surface area contributed by atoms with Crippen LogP contribution in [0, 0.1) is 6.92 Å². The minimum Gasteiger partial charge on any atom is -0.504 e. The Hall–Kier alpha value is -4.86. The van der Waals surface area contributed by atoms with Crippen LogP contribution in [0.1, 0.15) is 89.1 Å². The van der Waals surface area contributed by atoms with Gasteiger partial charge in [0.25, 0.3) is 11.8 Å². The number of amides is 2. The van der Waals surface area contributed by atoms with Gasteiger partial charge in [0.2, 0.25) is 5.91 Å².